The van der Waals surface area contributed by atoms with Gasteiger partial charge in [0.2, 0.25) is 5.95 Å². The number of nitrogens with one attached hydrogen (secondary N) is 2. The van der Waals surface area contributed by atoms with Crippen LogP contribution in [0, 0.1) is 0 Å². The molecule has 0 aliphatic carbocycles. The first kappa shape index (κ1) is 19.5. The van der Waals surface area contributed by atoms with Gasteiger partial charge in [0.1, 0.15) is 5.82 Å². The monoisotopic (exact) mass is 371 g/mol. The van der Waals surface area contributed by atoms with E-state index < -0.39 is 0 Å². The van der Waals surface area contributed by atoms with Gasteiger partial charge in [-0.25, -0.2) is 4.98 Å². The van der Waals surface area contributed by atoms with Crippen LogP contribution in [0.4, 0.5) is 11.8 Å². The fraction of sp³-hybridized carbons (Fsp3) is 0.526. The highest BCUT2D eigenvalue weighted by Gasteiger charge is 2.14. The summed E-state index contributed by atoms with van der Waals surface area (Å²) in [6.07, 6.45) is 1.75. The van der Waals surface area contributed by atoms with Crippen LogP contribution in [0.1, 0.15) is 6.92 Å². The summed E-state index contributed by atoms with van der Waals surface area (Å²) in [4.78, 5) is 18.3. The highest BCUT2D eigenvalue weighted by Crippen LogP contribution is 2.19. The molecule has 1 aliphatic rings. The predicted octanol–water partition coefficient (Wildman–Crippen LogP) is 0.991. The molecule has 2 aromatic heterocycles. The minimum Gasteiger partial charge on any atom is -0.394 e. The van der Waals surface area contributed by atoms with E-state index in [1.807, 2.05) is 31.2 Å². The first-order chi connectivity index (χ1) is 13.1. The molecule has 3 rings (SSSR count). The number of rotatable bonds is 8. The van der Waals surface area contributed by atoms with E-state index in [-0.39, 0.29) is 12.6 Å². The second kappa shape index (κ2) is 9.59. The van der Waals surface area contributed by atoms with Crippen LogP contribution in [0.3, 0.4) is 0 Å². The quantitative estimate of drug-likeness (QED) is 0.633. The molecular formula is C19H29N7O. The Labute approximate surface area is 160 Å². The smallest absolute Gasteiger partial charge is 0.225 e. The fourth-order valence-electron chi connectivity index (χ4n) is 2.93. The molecule has 0 amide bonds. The van der Waals surface area contributed by atoms with Gasteiger partial charge < -0.3 is 20.6 Å². The van der Waals surface area contributed by atoms with E-state index in [4.69, 9.17) is 0 Å². The largest absolute Gasteiger partial charge is 0.394 e. The van der Waals surface area contributed by atoms with Crippen molar-refractivity contribution >= 4 is 11.8 Å². The summed E-state index contributed by atoms with van der Waals surface area (Å²) in [5.41, 5.74) is 1.54. The lowest BCUT2D eigenvalue weighted by atomic mass is 10.2. The average molecular weight is 371 g/mol. The van der Waals surface area contributed by atoms with E-state index in [1.54, 1.807) is 6.20 Å². The van der Waals surface area contributed by atoms with E-state index in [2.05, 4.69) is 42.4 Å². The van der Waals surface area contributed by atoms with E-state index >= 15 is 0 Å². The number of aliphatic hydroxyl groups is 1. The average Bonchev–Trinajstić information content (AvgIpc) is 2.70. The standard InChI is InChI=1S/C19H29N7O/c1-15(14-27)22-19-23-17(16-5-3-4-6-20-16)13-18(24-19)21-7-8-26-11-9-25(2)10-12-26/h3-6,13,15,27H,7-12,14H2,1-2H3,(H2,21,22,23,24)/t15-/m1/s1. The van der Waals surface area contributed by atoms with Crippen molar-refractivity contribution in [1.29, 1.82) is 0 Å². The number of nitrogens with zero attached hydrogens (tertiary/aromatic N) is 5. The van der Waals surface area contributed by atoms with Crippen LogP contribution in [0.5, 0.6) is 0 Å². The van der Waals surface area contributed by atoms with Gasteiger partial charge in [0, 0.05) is 57.6 Å². The first-order valence-corrected chi connectivity index (χ1v) is 9.46. The molecule has 27 heavy (non-hydrogen) atoms. The zero-order chi connectivity index (χ0) is 19.1. The van der Waals surface area contributed by atoms with Crippen LogP contribution in [-0.2, 0) is 0 Å². The maximum atomic E-state index is 9.30. The van der Waals surface area contributed by atoms with Crippen molar-refractivity contribution in [2.75, 3.05) is 63.6 Å². The van der Waals surface area contributed by atoms with Crippen LogP contribution in [0.2, 0.25) is 0 Å². The first-order valence-electron chi connectivity index (χ1n) is 9.46. The number of hydrogen-bond acceptors (Lipinski definition) is 8. The zero-order valence-electron chi connectivity index (χ0n) is 16.1. The number of likely N-dealkylation sites (N-methyl/N-ethyl adjacent to an activating group) is 1. The molecule has 0 saturated carbocycles. The van der Waals surface area contributed by atoms with Gasteiger partial charge in [-0.3, -0.25) is 9.88 Å². The molecule has 1 fully saturated rings. The number of piperazine rings is 1. The Morgan fingerprint density at radius 2 is 1.96 bits per heavy atom. The topological polar surface area (TPSA) is 89.4 Å². The van der Waals surface area contributed by atoms with Crippen LogP contribution < -0.4 is 10.6 Å². The summed E-state index contributed by atoms with van der Waals surface area (Å²) in [5, 5.41) is 15.8. The Morgan fingerprint density at radius 3 is 2.67 bits per heavy atom. The van der Waals surface area contributed by atoms with Crippen molar-refractivity contribution in [2.45, 2.75) is 13.0 Å². The molecule has 1 saturated heterocycles. The molecule has 3 heterocycles. The Balaban J connectivity index is 1.68. The number of hydrogen-bond donors (Lipinski definition) is 3. The van der Waals surface area contributed by atoms with Gasteiger partial charge in [0.25, 0.3) is 0 Å². The van der Waals surface area contributed by atoms with Gasteiger partial charge in [0.15, 0.2) is 0 Å². The van der Waals surface area contributed by atoms with Gasteiger partial charge in [0.05, 0.1) is 18.0 Å². The minimum atomic E-state index is -0.123. The van der Waals surface area contributed by atoms with Crippen LogP contribution in [-0.4, -0.2) is 88.8 Å². The third-order valence-electron chi connectivity index (χ3n) is 4.63. The lowest BCUT2D eigenvalue weighted by Crippen LogP contribution is -2.45. The summed E-state index contributed by atoms with van der Waals surface area (Å²) in [7, 11) is 2.16. The molecule has 3 N–H and O–H groups in total. The normalized spacial score (nSPS) is 16.9. The van der Waals surface area contributed by atoms with Crippen molar-refractivity contribution in [3.05, 3.63) is 30.5 Å². The summed E-state index contributed by atoms with van der Waals surface area (Å²) >= 11 is 0. The Hall–Kier alpha value is -2.29. The van der Waals surface area contributed by atoms with E-state index in [1.165, 1.54) is 0 Å². The van der Waals surface area contributed by atoms with E-state index in [0.717, 1.165) is 56.5 Å². The summed E-state index contributed by atoms with van der Waals surface area (Å²) in [6.45, 7) is 8.13. The lowest BCUT2D eigenvalue weighted by molar-refractivity contribution is 0.158. The van der Waals surface area contributed by atoms with Crippen molar-refractivity contribution in [3.8, 4) is 11.4 Å². The molecular weight excluding hydrogens is 342 g/mol. The minimum absolute atomic E-state index is 0.0172. The van der Waals surface area contributed by atoms with Crippen LogP contribution in [0.15, 0.2) is 30.5 Å². The number of aliphatic hydroxyl groups excluding tert-OH is 1. The van der Waals surface area contributed by atoms with Gasteiger partial charge in [-0.1, -0.05) is 6.07 Å². The molecule has 0 unspecified atom stereocenters. The van der Waals surface area contributed by atoms with E-state index in [0.29, 0.717) is 5.95 Å². The molecule has 0 radical (unpaired) electrons. The third-order valence-corrected chi connectivity index (χ3v) is 4.63. The fourth-order valence-corrected chi connectivity index (χ4v) is 2.93. The molecule has 0 aromatic carbocycles. The zero-order valence-corrected chi connectivity index (χ0v) is 16.1. The van der Waals surface area contributed by atoms with Crippen LogP contribution in [0.25, 0.3) is 11.4 Å². The van der Waals surface area contributed by atoms with Gasteiger partial charge in [-0.2, -0.15) is 4.98 Å². The van der Waals surface area contributed by atoms with E-state index in [9.17, 15) is 5.11 Å². The summed E-state index contributed by atoms with van der Waals surface area (Å²) < 4.78 is 0. The second-order valence-corrected chi connectivity index (χ2v) is 6.98. The molecule has 2 aromatic rings. The molecule has 0 bridgehead atoms. The highest BCUT2D eigenvalue weighted by molar-refractivity contribution is 5.61. The number of pyridine rings is 1. The third kappa shape index (κ3) is 5.85. The summed E-state index contributed by atoms with van der Waals surface area (Å²) in [6, 6.07) is 7.54. The number of anilines is 2. The van der Waals surface area contributed by atoms with Crippen molar-refractivity contribution < 1.29 is 5.11 Å². The molecule has 146 valence electrons. The Kier molecular flexibility index (Phi) is 6.92. The maximum Gasteiger partial charge on any atom is 0.225 e. The molecule has 1 atom stereocenters. The maximum absolute atomic E-state index is 9.30. The second-order valence-electron chi connectivity index (χ2n) is 6.98. The molecule has 8 nitrogen and oxygen atoms in total. The molecule has 1 aliphatic heterocycles. The van der Waals surface area contributed by atoms with Gasteiger partial charge >= 0.3 is 0 Å². The molecule has 8 heteroatoms. The van der Waals surface area contributed by atoms with Crippen molar-refractivity contribution in [3.63, 3.8) is 0 Å². The lowest BCUT2D eigenvalue weighted by Gasteiger charge is -2.32. The van der Waals surface area contributed by atoms with Gasteiger partial charge in [-0.05, 0) is 26.1 Å². The SMILES string of the molecule is C[C@H](CO)Nc1nc(NCCN2CCN(C)CC2)cc(-c2ccccn2)n1. The summed E-state index contributed by atoms with van der Waals surface area (Å²) in [5.74, 6) is 1.24. The van der Waals surface area contributed by atoms with Crippen LogP contribution >= 0.6 is 0 Å². The Morgan fingerprint density at radius 1 is 1.15 bits per heavy atom. The van der Waals surface area contributed by atoms with Gasteiger partial charge in [-0.15, -0.1) is 0 Å². The molecule has 0 spiro atoms. The number of aromatic nitrogens is 3. The van der Waals surface area contributed by atoms with Crippen molar-refractivity contribution in [1.82, 2.24) is 24.8 Å². The highest BCUT2D eigenvalue weighted by atomic mass is 16.3. The Bertz CT molecular complexity index is 704. The predicted molar refractivity (Wildman–Crippen MR) is 108 cm³/mol. The van der Waals surface area contributed by atoms with Crippen molar-refractivity contribution in [2.24, 2.45) is 0 Å².